The van der Waals surface area contributed by atoms with Crippen LogP contribution in [0.1, 0.15) is 20.7 Å². The Hall–Kier alpha value is -4.10. The van der Waals surface area contributed by atoms with Crippen LogP contribution < -0.4 is 15.1 Å². The minimum Gasteiger partial charge on any atom is -0.478 e. The Kier molecular flexibility index (Phi) is 6.25. The van der Waals surface area contributed by atoms with E-state index in [4.69, 9.17) is 16.6 Å². The lowest BCUT2D eigenvalue weighted by Gasteiger charge is -2.37. The number of fused-ring (bicyclic) bond motifs is 1. The van der Waals surface area contributed by atoms with E-state index in [9.17, 15) is 14.7 Å². The first-order valence-corrected chi connectivity index (χ1v) is 11.7. The van der Waals surface area contributed by atoms with Gasteiger partial charge in [-0.2, -0.15) is 0 Å². The molecule has 1 amide bonds. The number of pyridine rings is 1. The number of anilines is 3. The van der Waals surface area contributed by atoms with Crippen LogP contribution in [0.5, 0.6) is 0 Å². The highest BCUT2D eigenvalue weighted by Crippen LogP contribution is 2.29. The minimum atomic E-state index is -1.04. The van der Waals surface area contributed by atoms with Crippen LogP contribution in [-0.4, -0.2) is 48.1 Å². The number of piperazine rings is 1. The van der Waals surface area contributed by atoms with Crippen LogP contribution in [-0.2, 0) is 0 Å². The lowest BCUT2D eigenvalue weighted by molar-refractivity contribution is 0.0698. The van der Waals surface area contributed by atoms with Gasteiger partial charge in [-0.15, -0.1) is 0 Å². The first kappa shape index (κ1) is 22.7. The van der Waals surface area contributed by atoms with Crippen LogP contribution in [0.25, 0.3) is 10.9 Å². The van der Waals surface area contributed by atoms with Crippen LogP contribution in [0.2, 0.25) is 5.02 Å². The number of benzene rings is 3. The zero-order valence-electron chi connectivity index (χ0n) is 18.8. The number of carboxylic acid groups (broad SMARTS) is 1. The number of amides is 1. The number of halogens is 1. The second-order valence-corrected chi connectivity index (χ2v) is 8.72. The Morgan fingerprint density at radius 1 is 0.857 bits per heavy atom. The van der Waals surface area contributed by atoms with Crippen LogP contribution in [0.3, 0.4) is 0 Å². The number of aromatic carboxylic acids is 1. The van der Waals surface area contributed by atoms with Crippen LogP contribution in [0, 0.1) is 0 Å². The molecule has 176 valence electrons. The standard InChI is InChI=1S/C27H23ClN4O3/c28-22-8-4-5-9-24(22)31-12-14-32(15-13-31)25-17-21(27(34)35)20-16-19(10-11-23(20)30-25)29-26(33)18-6-2-1-3-7-18/h1-11,16-17H,12-15H2,(H,29,33)(H,34,35). The summed E-state index contributed by atoms with van der Waals surface area (Å²) >= 11 is 6.35. The summed E-state index contributed by atoms with van der Waals surface area (Å²) in [6.45, 7) is 2.87. The third-order valence-corrected chi connectivity index (χ3v) is 6.44. The number of carbonyl (C=O) groups excluding carboxylic acids is 1. The van der Waals surface area contributed by atoms with Gasteiger partial charge in [-0.05, 0) is 48.5 Å². The van der Waals surface area contributed by atoms with E-state index >= 15 is 0 Å². The molecule has 0 aliphatic carbocycles. The first-order chi connectivity index (χ1) is 17.0. The number of hydrogen-bond donors (Lipinski definition) is 2. The third kappa shape index (κ3) is 4.76. The quantitative estimate of drug-likeness (QED) is 0.405. The van der Waals surface area contributed by atoms with E-state index in [0.717, 1.165) is 18.8 Å². The Bertz CT molecular complexity index is 1400. The molecule has 2 N–H and O–H groups in total. The number of aromatic nitrogens is 1. The summed E-state index contributed by atoms with van der Waals surface area (Å²) in [5.74, 6) is -0.683. The predicted molar refractivity (Wildman–Crippen MR) is 139 cm³/mol. The molecule has 4 aromatic rings. The third-order valence-electron chi connectivity index (χ3n) is 6.12. The maximum Gasteiger partial charge on any atom is 0.336 e. The van der Waals surface area contributed by atoms with E-state index in [0.29, 0.717) is 46.1 Å². The molecule has 0 atom stereocenters. The average molecular weight is 487 g/mol. The molecule has 35 heavy (non-hydrogen) atoms. The van der Waals surface area contributed by atoms with E-state index in [1.807, 2.05) is 30.3 Å². The van der Waals surface area contributed by atoms with Crippen molar-refractivity contribution in [2.24, 2.45) is 0 Å². The molecule has 0 saturated carbocycles. The van der Waals surface area contributed by atoms with Crippen molar-refractivity contribution >= 4 is 51.6 Å². The van der Waals surface area contributed by atoms with Crippen molar-refractivity contribution in [2.75, 3.05) is 41.3 Å². The van der Waals surface area contributed by atoms with Crippen LogP contribution in [0.4, 0.5) is 17.2 Å². The largest absolute Gasteiger partial charge is 0.478 e. The lowest BCUT2D eigenvalue weighted by atomic mass is 10.1. The zero-order valence-corrected chi connectivity index (χ0v) is 19.6. The Morgan fingerprint density at radius 2 is 1.54 bits per heavy atom. The van der Waals surface area contributed by atoms with E-state index < -0.39 is 5.97 Å². The Morgan fingerprint density at radius 3 is 2.26 bits per heavy atom. The summed E-state index contributed by atoms with van der Waals surface area (Å²) in [5, 5.41) is 13.9. The van der Waals surface area contributed by atoms with Gasteiger partial charge in [0.1, 0.15) is 5.82 Å². The molecule has 8 heteroatoms. The normalized spacial score (nSPS) is 13.6. The highest BCUT2D eigenvalue weighted by Gasteiger charge is 2.22. The van der Waals surface area contributed by atoms with E-state index in [1.165, 1.54) is 0 Å². The van der Waals surface area contributed by atoms with Gasteiger partial charge in [0.15, 0.2) is 0 Å². The number of nitrogens with one attached hydrogen (secondary N) is 1. The van der Waals surface area contributed by atoms with Crippen molar-refractivity contribution in [1.29, 1.82) is 0 Å². The van der Waals surface area contributed by atoms with Crippen molar-refractivity contribution in [2.45, 2.75) is 0 Å². The number of nitrogens with zero attached hydrogens (tertiary/aromatic N) is 3. The fourth-order valence-electron chi connectivity index (χ4n) is 4.31. The molecule has 1 aliphatic rings. The molecule has 1 aliphatic heterocycles. The van der Waals surface area contributed by atoms with Crippen molar-refractivity contribution in [3.05, 3.63) is 95.0 Å². The zero-order chi connectivity index (χ0) is 24.4. The van der Waals surface area contributed by atoms with Crippen LogP contribution in [0.15, 0.2) is 78.9 Å². The topological polar surface area (TPSA) is 85.8 Å². The molecule has 1 saturated heterocycles. The van der Waals surface area contributed by atoms with Gasteiger partial charge in [0.2, 0.25) is 0 Å². The number of rotatable bonds is 5. The lowest BCUT2D eigenvalue weighted by Crippen LogP contribution is -2.47. The van der Waals surface area contributed by atoms with Gasteiger partial charge >= 0.3 is 5.97 Å². The number of hydrogen-bond acceptors (Lipinski definition) is 5. The van der Waals surface area contributed by atoms with Crippen LogP contribution >= 0.6 is 11.6 Å². The van der Waals surface area contributed by atoms with Gasteiger partial charge < -0.3 is 20.2 Å². The molecule has 0 radical (unpaired) electrons. The van der Waals surface area contributed by atoms with E-state index in [2.05, 4.69) is 15.1 Å². The molecule has 7 nitrogen and oxygen atoms in total. The maximum atomic E-state index is 12.5. The Labute approximate surface area is 207 Å². The van der Waals surface area contributed by atoms with Gasteiger partial charge in [0.05, 0.1) is 21.8 Å². The second kappa shape index (κ2) is 9.64. The maximum absolute atomic E-state index is 12.5. The molecule has 0 unspecified atom stereocenters. The fourth-order valence-corrected chi connectivity index (χ4v) is 4.56. The van der Waals surface area contributed by atoms with Crippen molar-refractivity contribution in [3.8, 4) is 0 Å². The summed E-state index contributed by atoms with van der Waals surface area (Å²) in [7, 11) is 0. The SMILES string of the molecule is O=C(Nc1ccc2nc(N3CCN(c4ccccc4Cl)CC3)cc(C(=O)O)c2c1)c1ccccc1. The summed E-state index contributed by atoms with van der Waals surface area (Å²) in [6, 6.07) is 23.4. The number of para-hydroxylation sites is 1. The van der Waals surface area contributed by atoms with Gasteiger partial charge in [-0.25, -0.2) is 9.78 Å². The average Bonchev–Trinajstić information content (AvgIpc) is 2.89. The molecule has 1 fully saturated rings. The molecule has 5 rings (SSSR count). The van der Waals surface area contributed by atoms with E-state index in [1.54, 1.807) is 48.5 Å². The summed E-state index contributed by atoms with van der Waals surface area (Å²) in [5.41, 5.74) is 2.74. The molecular formula is C27H23ClN4O3. The first-order valence-electron chi connectivity index (χ1n) is 11.3. The summed E-state index contributed by atoms with van der Waals surface area (Å²) in [6.07, 6.45) is 0. The van der Waals surface area contributed by atoms with Crippen molar-refractivity contribution < 1.29 is 14.7 Å². The highest BCUT2D eigenvalue weighted by molar-refractivity contribution is 6.33. The van der Waals surface area contributed by atoms with Crippen molar-refractivity contribution in [1.82, 2.24) is 4.98 Å². The number of carboxylic acids is 1. The smallest absolute Gasteiger partial charge is 0.336 e. The molecule has 0 spiro atoms. The summed E-state index contributed by atoms with van der Waals surface area (Å²) < 4.78 is 0. The second-order valence-electron chi connectivity index (χ2n) is 8.31. The van der Waals surface area contributed by atoms with Gasteiger partial charge in [-0.1, -0.05) is 41.9 Å². The monoisotopic (exact) mass is 486 g/mol. The minimum absolute atomic E-state index is 0.148. The van der Waals surface area contributed by atoms with E-state index in [-0.39, 0.29) is 11.5 Å². The molecule has 3 aromatic carbocycles. The van der Waals surface area contributed by atoms with Gasteiger partial charge in [0.25, 0.3) is 5.91 Å². The number of carbonyl (C=O) groups is 2. The van der Waals surface area contributed by atoms with Crippen molar-refractivity contribution in [3.63, 3.8) is 0 Å². The summed E-state index contributed by atoms with van der Waals surface area (Å²) in [4.78, 5) is 33.7. The molecule has 2 heterocycles. The Balaban J connectivity index is 1.39. The fraction of sp³-hybridized carbons (Fsp3) is 0.148. The predicted octanol–water partition coefficient (Wildman–Crippen LogP) is 5.17. The van der Waals surface area contributed by atoms with Gasteiger partial charge in [0, 0.05) is 42.8 Å². The molecule has 0 bridgehead atoms. The highest BCUT2D eigenvalue weighted by atomic mass is 35.5. The molecule has 1 aromatic heterocycles. The molecular weight excluding hydrogens is 464 g/mol. The van der Waals surface area contributed by atoms with Gasteiger partial charge in [-0.3, -0.25) is 4.79 Å².